The number of fused-ring (bicyclic) bond motifs is 1. The average Bonchev–Trinajstić information content (AvgIpc) is 3.03. The number of carboxylic acids is 1. The van der Waals surface area contributed by atoms with Gasteiger partial charge < -0.3 is 5.11 Å². The average molecular weight is 280 g/mol. The molecule has 5 heteroatoms. The summed E-state index contributed by atoms with van der Waals surface area (Å²) in [5.74, 6) is 0.299. The Morgan fingerprint density at radius 2 is 2.42 bits per heavy atom. The summed E-state index contributed by atoms with van der Waals surface area (Å²) < 4.78 is 0. The van der Waals surface area contributed by atoms with Crippen molar-refractivity contribution >= 4 is 17.3 Å². The second kappa shape index (κ2) is 5.21. The van der Waals surface area contributed by atoms with Crippen LogP contribution in [0.3, 0.4) is 0 Å². The van der Waals surface area contributed by atoms with Gasteiger partial charge in [-0.2, -0.15) is 0 Å². The summed E-state index contributed by atoms with van der Waals surface area (Å²) >= 11 is 1.68. The van der Waals surface area contributed by atoms with Gasteiger partial charge >= 0.3 is 5.97 Å². The minimum atomic E-state index is -0.652. The van der Waals surface area contributed by atoms with Crippen molar-refractivity contribution in [3.05, 3.63) is 16.1 Å². The van der Waals surface area contributed by atoms with Gasteiger partial charge in [-0.25, -0.2) is 4.98 Å². The molecule has 1 saturated heterocycles. The van der Waals surface area contributed by atoms with Gasteiger partial charge in [0.2, 0.25) is 0 Å². The predicted molar refractivity (Wildman–Crippen MR) is 74.2 cm³/mol. The molecule has 1 aliphatic heterocycles. The van der Waals surface area contributed by atoms with Crippen LogP contribution in [0, 0.1) is 11.8 Å². The minimum Gasteiger partial charge on any atom is -0.480 e. The highest BCUT2D eigenvalue weighted by Crippen LogP contribution is 2.42. The highest BCUT2D eigenvalue weighted by molar-refractivity contribution is 7.09. The lowest BCUT2D eigenvalue weighted by atomic mass is 9.94. The molecule has 1 aromatic heterocycles. The van der Waals surface area contributed by atoms with Crippen LogP contribution >= 0.6 is 11.3 Å². The van der Waals surface area contributed by atoms with E-state index in [1.807, 2.05) is 0 Å². The van der Waals surface area contributed by atoms with Crippen LogP contribution in [0.15, 0.2) is 5.38 Å². The molecule has 19 heavy (non-hydrogen) atoms. The van der Waals surface area contributed by atoms with Crippen molar-refractivity contribution in [3.63, 3.8) is 0 Å². The van der Waals surface area contributed by atoms with Crippen molar-refractivity contribution in [3.8, 4) is 0 Å². The van der Waals surface area contributed by atoms with Gasteiger partial charge in [0.05, 0.1) is 10.7 Å². The van der Waals surface area contributed by atoms with E-state index in [9.17, 15) is 9.90 Å². The lowest BCUT2D eigenvalue weighted by Gasteiger charge is -2.23. The molecular weight excluding hydrogens is 260 g/mol. The van der Waals surface area contributed by atoms with Gasteiger partial charge in [-0.3, -0.25) is 9.69 Å². The second-order valence-corrected chi connectivity index (χ2v) is 6.60. The van der Waals surface area contributed by atoms with E-state index in [2.05, 4.69) is 22.2 Å². The molecule has 3 rings (SSSR count). The molecule has 1 N–H and O–H groups in total. The molecule has 1 aromatic rings. The molecule has 0 spiro atoms. The van der Waals surface area contributed by atoms with Crippen LogP contribution in [0.1, 0.15) is 36.9 Å². The topological polar surface area (TPSA) is 53.4 Å². The first kappa shape index (κ1) is 13.1. The van der Waals surface area contributed by atoms with Gasteiger partial charge in [0.25, 0.3) is 0 Å². The second-order valence-electron chi connectivity index (χ2n) is 5.65. The molecule has 0 amide bonds. The maximum absolute atomic E-state index is 11.5. The van der Waals surface area contributed by atoms with Crippen LogP contribution in [0.25, 0.3) is 0 Å². The summed E-state index contributed by atoms with van der Waals surface area (Å²) in [6.45, 7) is 3.73. The van der Waals surface area contributed by atoms with E-state index in [1.54, 1.807) is 11.3 Å². The van der Waals surface area contributed by atoms with Crippen molar-refractivity contribution in [1.82, 2.24) is 9.88 Å². The standard InChI is InChI=1S/C14H20N2O2S/c1-2-12-15-10(8-19-12)7-16-6-9-4-3-5-11(9)13(16)14(17)18/h8-9,11,13H,2-7H2,1H3,(H,17,18). The fraction of sp³-hybridized carbons (Fsp3) is 0.714. The molecule has 2 heterocycles. The van der Waals surface area contributed by atoms with Gasteiger partial charge in [-0.15, -0.1) is 11.3 Å². The first-order valence-electron chi connectivity index (χ1n) is 7.09. The summed E-state index contributed by atoms with van der Waals surface area (Å²) in [5, 5.41) is 12.7. The first-order valence-corrected chi connectivity index (χ1v) is 7.97. The maximum atomic E-state index is 11.5. The van der Waals surface area contributed by atoms with Gasteiger partial charge in [-0.05, 0) is 31.1 Å². The lowest BCUT2D eigenvalue weighted by molar-refractivity contribution is -0.143. The molecule has 1 saturated carbocycles. The summed E-state index contributed by atoms with van der Waals surface area (Å²) in [5.41, 5.74) is 1.04. The van der Waals surface area contributed by atoms with Crippen molar-refractivity contribution in [2.75, 3.05) is 6.54 Å². The Morgan fingerprint density at radius 3 is 3.11 bits per heavy atom. The number of aryl methyl sites for hydroxylation is 1. The zero-order valence-corrected chi connectivity index (χ0v) is 12.0. The predicted octanol–water partition coefficient (Wildman–Crippen LogP) is 2.39. The quantitative estimate of drug-likeness (QED) is 0.920. The molecule has 3 atom stereocenters. The van der Waals surface area contributed by atoms with E-state index in [-0.39, 0.29) is 6.04 Å². The van der Waals surface area contributed by atoms with Crippen molar-refractivity contribution < 1.29 is 9.90 Å². The van der Waals surface area contributed by atoms with E-state index < -0.39 is 5.97 Å². The minimum absolute atomic E-state index is 0.292. The molecule has 0 aromatic carbocycles. The van der Waals surface area contributed by atoms with Gasteiger partial charge in [0, 0.05) is 18.5 Å². The lowest BCUT2D eigenvalue weighted by Crippen LogP contribution is -2.39. The molecule has 2 fully saturated rings. The van der Waals surface area contributed by atoms with Crippen LogP contribution < -0.4 is 0 Å². The Hall–Kier alpha value is -0.940. The van der Waals surface area contributed by atoms with E-state index in [0.717, 1.165) is 30.1 Å². The molecule has 3 unspecified atom stereocenters. The number of thiazole rings is 1. The van der Waals surface area contributed by atoms with Gasteiger partial charge in [-0.1, -0.05) is 13.3 Å². The Morgan fingerprint density at radius 1 is 1.58 bits per heavy atom. The van der Waals surface area contributed by atoms with Crippen molar-refractivity contribution in [2.45, 2.75) is 45.2 Å². The maximum Gasteiger partial charge on any atom is 0.321 e. The van der Waals surface area contributed by atoms with E-state index in [0.29, 0.717) is 18.4 Å². The molecule has 0 radical (unpaired) electrons. The molecule has 1 aliphatic carbocycles. The highest BCUT2D eigenvalue weighted by atomic mass is 32.1. The number of carbonyl (C=O) groups is 1. The zero-order chi connectivity index (χ0) is 13.4. The van der Waals surface area contributed by atoms with Gasteiger partial charge in [0.1, 0.15) is 6.04 Å². The third-order valence-corrected chi connectivity index (χ3v) is 5.55. The number of hydrogen-bond donors (Lipinski definition) is 1. The summed E-state index contributed by atoms with van der Waals surface area (Å²) in [6, 6.07) is -0.292. The highest BCUT2D eigenvalue weighted by Gasteiger charge is 2.47. The van der Waals surface area contributed by atoms with E-state index >= 15 is 0 Å². The Bertz CT molecular complexity index is 474. The number of hydrogen-bond acceptors (Lipinski definition) is 4. The molecule has 2 aliphatic rings. The summed E-state index contributed by atoms with van der Waals surface area (Å²) in [7, 11) is 0. The third kappa shape index (κ3) is 2.41. The molecule has 4 nitrogen and oxygen atoms in total. The largest absolute Gasteiger partial charge is 0.480 e. The Balaban J connectivity index is 1.74. The van der Waals surface area contributed by atoms with Crippen LogP contribution in [-0.2, 0) is 17.8 Å². The number of nitrogens with zero attached hydrogens (tertiary/aromatic N) is 2. The van der Waals surface area contributed by atoms with Gasteiger partial charge in [0.15, 0.2) is 0 Å². The number of likely N-dealkylation sites (tertiary alicyclic amines) is 1. The van der Waals surface area contributed by atoms with Crippen molar-refractivity contribution in [1.29, 1.82) is 0 Å². The van der Waals surface area contributed by atoms with Crippen LogP contribution in [0.5, 0.6) is 0 Å². The zero-order valence-electron chi connectivity index (χ0n) is 11.2. The summed E-state index contributed by atoms with van der Waals surface area (Å²) in [6.07, 6.45) is 4.43. The van der Waals surface area contributed by atoms with Crippen molar-refractivity contribution in [2.24, 2.45) is 11.8 Å². The van der Waals surface area contributed by atoms with E-state index in [1.165, 1.54) is 12.8 Å². The Kier molecular flexibility index (Phi) is 3.58. The van der Waals surface area contributed by atoms with Crippen LogP contribution in [0.2, 0.25) is 0 Å². The fourth-order valence-electron chi connectivity index (χ4n) is 3.69. The summed E-state index contributed by atoms with van der Waals surface area (Å²) in [4.78, 5) is 18.2. The number of aromatic nitrogens is 1. The third-order valence-electron chi connectivity index (χ3n) is 4.51. The monoisotopic (exact) mass is 280 g/mol. The molecule has 104 valence electrons. The molecule has 0 bridgehead atoms. The fourth-order valence-corrected chi connectivity index (χ4v) is 4.42. The van der Waals surface area contributed by atoms with Crippen LogP contribution in [-0.4, -0.2) is 33.5 Å². The normalized spacial score (nSPS) is 30.7. The number of carboxylic acid groups (broad SMARTS) is 1. The van der Waals surface area contributed by atoms with Crippen LogP contribution in [0.4, 0.5) is 0 Å². The smallest absolute Gasteiger partial charge is 0.321 e. The Labute approximate surface area is 117 Å². The molecular formula is C14H20N2O2S. The number of rotatable bonds is 4. The van der Waals surface area contributed by atoms with E-state index in [4.69, 9.17) is 0 Å². The SMILES string of the molecule is CCc1nc(CN2CC3CCCC3C2C(=O)O)cs1. The first-order chi connectivity index (χ1) is 9.19. The number of aliphatic carboxylic acids is 1.